The van der Waals surface area contributed by atoms with E-state index in [9.17, 15) is 4.79 Å². The van der Waals surface area contributed by atoms with Crippen LogP contribution in [0.25, 0.3) is 10.9 Å². The van der Waals surface area contributed by atoms with Crippen LogP contribution in [0.15, 0.2) is 60.1 Å². The number of nitrogens with zero attached hydrogens (tertiary/aromatic N) is 3. The highest BCUT2D eigenvalue weighted by Crippen LogP contribution is 2.19. The number of para-hydroxylation sites is 1. The Hall–Kier alpha value is -3.39. The van der Waals surface area contributed by atoms with Gasteiger partial charge >= 0.3 is 0 Å². The molecular formula is C18H14N4O. The largest absolute Gasteiger partial charge is 0.335 e. The molecule has 5 nitrogen and oxygen atoms in total. The summed E-state index contributed by atoms with van der Waals surface area (Å²) in [4.78, 5) is 15.8. The second-order valence-electron chi connectivity index (χ2n) is 4.87. The lowest BCUT2D eigenvalue weighted by atomic mass is 10.2. The topological polar surface area (TPSA) is 59.3 Å². The third kappa shape index (κ3) is 3.11. The van der Waals surface area contributed by atoms with E-state index >= 15 is 0 Å². The second kappa shape index (κ2) is 6.58. The Kier molecular flexibility index (Phi) is 4.16. The van der Waals surface area contributed by atoms with Crippen LogP contribution in [-0.4, -0.2) is 21.7 Å². The van der Waals surface area contributed by atoms with Crippen LogP contribution in [0.1, 0.15) is 15.9 Å². The molecule has 2 aromatic heterocycles. The van der Waals surface area contributed by atoms with Crippen molar-refractivity contribution in [3.8, 4) is 12.3 Å². The number of hydrogen-bond donors (Lipinski definition) is 1. The lowest BCUT2D eigenvalue weighted by Crippen LogP contribution is -2.17. The molecule has 0 aliphatic rings. The molecule has 1 N–H and O–H groups in total. The van der Waals surface area contributed by atoms with Crippen LogP contribution in [0, 0.1) is 12.3 Å². The minimum Gasteiger partial charge on any atom is -0.335 e. The van der Waals surface area contributed by atoms with Gasteiger partial charge in [-0.05, 0) is 18.2 Å². The lowest BCUT2D eigenvalue weighted by Gasteiger charge is -1.97. The molecule has 2 heterocycles. The van der Waals surface area contributed by atoms with E-state index in [1.54, 1.807) is 24.5 Å². The molecule has 3 aromatic rings. The molecule has 112 valence electrons. The summed E-state index contributed by atoms with van der Waals surface area (Å²) < 4.78 is 1.97. The molecule has 0 radical (unpaired) electrons. The van der Waals surface area contributed by atoms with E-state index in [-0.39, 0.29) is 5.91 Å². The first-order valence-electron chi connectivity index (χ1n) is 7.04. The smallest absolute Gasteiger partial charge is 0.272 e. The number of nitrogens with one attached hydrogen (secondary N) is 1. The van der Waals surface area contributed by atoms with E-state index < -0.39 is 0 Å². The predicted molar refractivity (Wildman–Crippen MR) is 90.1 cm³/mol. The number of fused-ring (bicyclic) bond motifs is 1. The number of carbonyl (C=O) groups excluding carboxylic acids is 1. The van der Waals surface area contributed by atoms with E-state index in [1.807, 2.05) is 35.0 Å². The van der Waals surface area contributed by atoms with Crippen LogP contribution in [-0.2, 0) is 6.54 Å². The molecule has 1 aromatic carbocycles. The summed E-state index contributed by atoms with van der Waals surface area (Å²) in [6.07, 6.45) is 12.0. The van der Waals surface area contributed by atoms with Gasteiger partial charge in [0.25, 0.3) is 5.91 Å². The third-order valence-electron chi connectivity index (χ3n) is 3.37. The van der Waals surface area contributed by atoms with Crippen LogP contribution in [0.4, 0.5) is 0 Å². The van der Waals surface area contributed by atoms with Crippen molar-refractivity contribution in [3.05, 3.63) is 66.1 Å². The monoisotopic (exact) mass is 302 g/mol. The maximum atomic E-state index is 11.9. The van der Waals surface area contributed by atoms with Crippen molar-refractivity contribution in [2.24, 2.45) is 5.10 Å². The average Bonchev–Trinajstić information content (AvgIpc) is 2.94. The molecule has 5 heteroatoms. The molecule has 0 fully saturated rings. The van der Waals surface area contributed by atoms with Gasteiger partial charge in [-0.15, -0.1) is 6.42 Å². The molecule has 0 spiro atoms. The Balaban J connectivity index is 1.82. The Labute approximate surface area is 133 Å². The first-order chi connectivity index (χ1) is 11.3. The predicted octanol–water partition coefficient (Wildman–Crippen LogP) is 2.43. The average molecular weight is 302 g/mol. The first kappa shape index (κ1) is 14.5. The molecule has 23 heavy (non-hydrogen) atoms. The number of rotatable bonds is 4. The van der Waals surface area contributed by atoms with Crippen molar-refractivity contribution in [2.75, 3.05) is 0 Å². The van der Waals surface area contributed by atoms with Gasteiger partial charge < -0.3 is 4.57 Å². The lowest BCUT2D eigenvalue weighted by molar-refractivity contribution is 0.0955. The molecule has 0 unspecified atom stereocenters. The minimum atomic E-state index is -0.304. The van der Waals surface area contributed by atoms with E-state index in [2.05, 4.69) is 21.4 Å². The number of pyridine rings is 1. The van der Waals surface area contributed by atoms with Gasteiger partial charge in [0.2, 0.25) is 0 Å². The van der Waals surface area contributed by atoms with E-state index in [0.717, 1.165) is 16.5 Å². The summed E-state index contributed by atoms with van der Waals surface area (Å²) in [5.41, 5.74) is 4.88. The highest BCUT2D eigenvalue weighted by molar-refractivity contribution is 6.00. The first-order valence-corrected chi connectivity index (χ1v) is 7.04. The number of benzene rings is 1. The Bertz CT molecular complexity index is 904. The number of hydrogen-bond acceptors (Lipinski definition) is 3. The highest BCUT2D eigenvalue weighted by atomic mass is 16.2. The minimum absolute atomic E-state index is 0.304. The molecule has 0 bridgehead atoms. The van der Waals surface area contributed by atoms with Crippen LogP contribution in [0.3, 0.4) is 0 Å². The second-order valence-corrected chi connectivity index (χ2v) is 4.87. The van der Waals surface area contributed by atoms with Crippen molar-refractivity contribution in [3.63, 3.8) is 0 Å². The number of carbonyl (C=O) groups is 1. The van der Waals surface area contributed by atoms with Gasteiger partial charge in [-0.3, -0.25) is 9.78 Å². The van der Waals surface area contributed by atoms with Crippen LogP contribution < -0.4 is 5.43 Å². The van der Waals surface area contributed by atoms with E-state index in [0.29, 0.717) is 12.1 Å². The highest BCUT2D eigenvalue weighted by Gasteiger charge is 2.06. The Morgan fingerprint density at radius 1 is 1.35 bits per heavy atom. The van der Waals surface area contributed by atoms with Crippen LogP contribution in [0.2, 0.25) is 0 Å². The molecule has 3 rings (SSSR count). The van der Waals surface area contributed by atoms with E-state index in [4.69, 9.17) is 6.42 Å². The molecule has 1 amide bonds. The SMILES string of the molecule is C#CCn1cc(/C=N/NC(=O)c2cccnc2)c2ccccc21. The van der Waals surface area contributed by atoms with Gasteiger partial charge in [-0.25, -0.2) is 5.43 Å². The molecular weight excluding hydrogens is 288 g/mol. The van der Waals surface area contributed by atoms with Gasteiger partial charge in [-0.2, -0.15) is 5.10 Å². The van der Waals surface area contributed by atoms with Crippen LogP contribution in [0.5, 0.6) is 0 Å². The molecule has 0 aliphatic heterocycles. The quantitative estimate of drug-likeness (QED) is 0.457. The number of terminal acetylenes is 1. The maximum absolute atomic E-state index is 11.9. The zero-order chi connectivity index (χ0) is 16.1. The normalized spacial score (nSPS) is 10.7. The van der Waals surface area contributed by atoms with Gasteiger partial charge in [0.05, 0.1) is 18.3 Å². The Morgan fingerprint density at radius 2 is 2.22 bits per heavy atom. The van der Waals surface area contributed by atoms with Crippen molar-refractivity contribution < 1.29 is 4.79 Å². The van der Waals surface area contributed by atoms with Crippen molar-refractivity contribution in [1.29, 1.82) is 0 Å². The third-order valence-corrected chi connectivity index (χ3v) is 3.37. The summed E-state index contributed by atoms with van der Waals surface area (Å²) in [7, 11) is 0. The van der Waals surface area contributed by atoms with Gasteiger partial charge in [0, 0.05) is 35.1 Å². The van der Waals surface area contributed by atoms with Gasteiger partial charge in [0.1, 0.15) is 0 Å². The summed E-state index contributed by atoms with van der Waals surface area (Å²) in [6, 6.07) is 11.3. The van der Waals surface area contributed by atoms with Crippen LogP contribution >= 0.6 is 0 Å². The summed E-state index contributed by atoms with van der Waals surface area (Å²) in [5, 5.41) is 5.05. The van der Waals surface area contributed by atoms with Gasteiger partial charge in [-0.1, -0.05) is 24.1 Å². The number of amides is 1. The molecule has 0 saturated heterocycles. The molecule has 0 atom stereocenters. The van der Waals surface area contributed by atoms with Crippen molar-refractivity contribution in [2.45, 2.75) is 6.54 Å². The standard InChI is InChI=1S/C18H14N4O/c1-2-10-22-13-15(16-7-3-4-8-17(16)22)12-20-21-18(23)14-6-5-9-19-11-14/h1,3-9,11-13H,10H2,(H,21,23)/b20-12+. The fourth-order valence-corrected chi connectivity index (χ4v) is 2.33. The number of hydrazone groups is 1. The molecule has 0 saturated carbocycles. The summed E-state index contributed by atoms with van der Waals surface area (Å²) in [5.74, 6) is 2.32. The fraction of sp³-hybridized carbons (Fsp3) is 0.0556. The van der Waals surface area contributed by atoms with E-state index in [1.165, 1.54) is 6.20 Å². The Morgan fingerprint density at radius 3 is 3.00 bits per heavy atom. The summed E-state index contributed by atoms with van der Waals surface area (Å²) in [6.45, 7) is 0.483. The van der Waals surface area contributed by atoms with Crippen molar-refractivity contribution >= 4 is 23.0 Å². The fourth-order valence-electron chi connectivity index (χ4n) is 2.33. The van der Waals surface area contributed by atoms with Crippen molar-refractivity contribution in [1.82, 2.24) is 15.0 Å². The van der Waals surface area contributed by atoms with Gasteiger partial charge in [0.15, 0.2) is 0 Å². The number of aromatic nitrogens is 2. The zero-order valence-corrected chi connectivity index (χ0v) is 12.3. The summed E-state index contributed by atoms with van der Waals surface area (Å²) >= 11 is 0. The zero-order valence-electron chi connectivity index (χ0n) is 12.3. The maximum Gasteiger partial charge on any atom is 0.272 e. The molecule has 0 aliphatic carbocycles.